The van der Waals surface area contributed by atoms with Crippen LogP contribution in [0, 0.1) is 0 Å². The highest BCUT2D eigenvalue weighted by Gasteiger charge is 2.08. The average Bonchev–Trinajstić information content (AvgIpc) is 3.21. The van der Waals surface area contributed by atoms with Crippen molar-refractivity contribution >= 4 is 28.1 Å². The van der Waals surface area contributed by atoms with Crippen molar-refractivity contribution in [2.24, 2.45) is 0 Å². The van der Waals surface area contributed by atoms with Crippen molar-refractivity contribution in [1.82, 2.24) is 4.98 Å². The number of carbonyl (C=O) groups is 1. The summed E-state index contributed by atoms with van der Waals surface area (Å²) in [5, 5.41) is 14.5. The second-order valence-corrected chi connectivity index (χ2v) is 6.73. The number of aliphatic hydroxyl groups is 1. The molecule has 2 aromatic carbocycles. The van der Waals surface area contributed by atoms with E-state index in [2.05, 4.69) is 10.3 Å². The first-order valence-electron chi connectivity index (χ1n) is 12.0. The maximum absolute atomic E-state index is 12.4. The minimum Gasteiger partial charge on any atom is -0.388 e. The van der Waals surface area contributed by atoms with Crippen LogP contribution in [0.4, 0.5) is 10.8 Å². The molecule has 4 N–H and O–H groups in total. The van der Waals surface area contributed by atoms with E-state index in [1.165, 1.54) is 41.8 Å². The summed E-state index contributed by atoms with van der Waals surface area (Å²) in [5.41, 5.74) is 6.23. The van der Waals surface area contributed by atoms with Crippen LogP contribution in [0.1, 0.15) is 51.7 Å². The molecule has 0 aliphatic heterocycles. The summed E-state index contributed by atoms with van der Waals surface area (Å²) in [6, 6.07) is 13.7. The molecule has 0 aliphatic carbocycles. The number of carbonyl (C=O) groups excluding carboxylic acids is 1. The number of nitrogens with one attached hydrogen (secondary N) is 1. The zero-order valence-corrected chi connectivity index (χ0v) is 15.8. The van der Waals surface area contributed by atoms with Gasteiger partial charge in [0.15, 0.2) is 5.13 Å². The summed E-state index contributed by atoms with van der Waals surface area (Å²) in [6.45, 7) is 0. The van der Waals surface area contributed by atoms with Gasteiger partial charge in [0.05, 0.1) is 19.5 Å². The molecule has 0 radical (unpaired) electrons. The highest BCUT2D eigenvalue weighted by molar-refractivity contribution is 7.13. The Labute approximate surface area is 179 Å². The SMILES string of the molecule is [2H]C([2H])(Cc1ccc(NC(=O)C([2H])([2H])c2csc(N)n2)cc1)CC([2H])([2H])[C@]([2H])(O)c1ccccc1. The predicted octanol–water partition coefficient (Wildman–Crippen LogP) is 4.35. The van der Waals surface area contributed by atoms with Gasteiger partial charge in [-0.1, -0.05) is 48.9 Å². The van der Waals surface area contributed by atoms with E-state index in [9.17, 15) is 9.90 Å². The van der Waals surface area contributed by atoms with Gasteiger partial charge in [0.1, 0.15) is 0 Å². The van der Waals surface area contributed by atoms with Crippen LogP contribution in [-0.4, -0.2) is 16.0 Å². The van der Waals surface area contributed by atoms with Crippen molar-refractivity contribution in [3.05, 3.63) is 76.8 Å². The maximum Gasteiger partial charge on any atom is 0.230 e. The lowest BCUT2D eigenvalue weighted by Gasteiger charge is -2.10. The highest BCUT2D eigenvalue weighted by atomic mass is 32.1. The van der Waals surface area contributed by atoms with E-state index < -0.39 is 37.5 Å². The third-order valence-corrected chi connectivity index (χ3v) is 4.41. The van der Waals surface area contributed by atoms with E-state index in [0.717, 1.165) is 11.3 Å². The van der Waals surface area contributed by atoms with E-state index in [4.69, 9.17) is 15.3 Å². The smallest absolute Gasteiger partial charge is 0.230 e. The van der Waals surface area contributed by atoms with Crippen molar-refractivity contribution in [2.45, 2.75) is 38.0 Å². The molecule has 0 saturated heterocycles. The van der Waals surface area contributed by atoms with Gasteiger partial charge in [-0.05, 0) is 42.4 Å². The molecule has 0 unspecified atom stereocenters. The average molecular weight is 403 g/mol. The van der Waals surface area contributed by atoms with Gasteiger partial charge in [0.25, 0.3) is 0 Å². The number of nitrogens with two attached hydrogens (primary N) is 1. The normalized spacial score (nSPS) is 18.2. The number of nitrogen functional groups attached to an aromatic ring is 1. The Kier molecular flexibility index (Phi) is 4.54. The summed E-state index contributed by atoms with van der Waals surface area (Å²) < 4.78 is 57.3. The van der Waals surface area contributed by atoms with Gasteiger partial charge in [-0.2, -0.15) is 0 Å². The third kappa shape index (κ3) is 6.18. The molecule has 5 nitrogen and oxygen atoms in total. The molecule has 0 aliphatic rings. The minimum absolute atomic E-state index is 0.0288. The number of anilines is 2. The number of amides is 1. The zero-order valence-electron chi connectivity index (χ0n) is 22.0. The van der Waals surface area contributed by atoms with E-state index in [0.29, 0.717) is 5.56 Å². The van der Waals surface area contributed by atoms with E-state index >= 15 is 0 Å². The number of thiazole rings is 1. The lowest BCUT2D eigenvalue weighted by atomic mass is 10.0. The quantitative estimate of drug-likeness (QED) is 0.496. The number of hydrogen-bond donors (Lipinski definition) is 3. The Morgan fingerprint density at radius 2 is 2.00 bits per heavy atom. The van der Waals surface area contributed by atoms with Gasteiger partial charge in [-0.25, -0.2) is 4.98 Å². The molecule has 1 aromatic heterocycles. The van der Waals surface area contributed by atoms with E-state index in [-0.39, 0.29) is 28.5 Å². The number of aromatic nitrogens is 1. The van der Waals surface area contributed by atoms with Crippen LogP contribution >= 0.6 is 11.3 Å². The third-order valence-electron chi connectivity index (χ3n) is 3.73. The van der Waals surface area contributed by atoms with Crippen molar-refractivity contribution in [3.63, 3.8) is 0 Å². The summed E-state index contributed by atoms with van der Waals surface area (Å²) in [7, 11) is 0. The number of nitrogens with zero attached hydrogens (tertiary/aromatic N) is 1. The molecule has 3 rings (SSSR count). The van der Waals surface area contributed by atoms with Gasteiger partial charge < -0.3 is 16.2 Å². The molecular weight excluding hydrogens is 370 g/mol. The Balaban J connectivity index is 1.66. The molecule has 0 spiro atoms. The minimum atomic E-state index is -2.64. The van der Waals surface area contributed by atoms with Crippen molar-refractivity contribution in [1.29, 1.82) is 0 Å². The van der Waals surface area contributed by atoms with Crippen LogP contribution in [0.3, 0.4) is 0 Å². The molecule has 1 heterocycles. The topological polar surface area (TPSA) is 88.2 Å². The molecule has 0 fully saturated rings. The summed E-state index contributed by atoms with van der Waals surface area (Å²) in [4.78, 5) is 16.2. The van der Waals surface area contributed by atoms with Crippen molar-refractivity contribution in [2.75, 3.05) is 11.1 Å². The molecule has 146 valence electrons. The first kappa shape index (κ1) is 12.7. The number of rotatable bonds is 9. The summed E-state index contributed by atoms with van der Waals surface area (Å²) >= 11 is 1.02. The van der Waals surface area contributed by atoms with Crippen LogP contribution in [0.2, 0.25) is 0 Å². The Morgan fingerprint density at radius 1 is 1.25 bits per heavy atom. The van der Waals surface area contributed by atoms with Crippen molar-refractivity contribution in [3.8, 4) is 0 Å². The van der Waals surface area contributed by atoms with E-state index in [1.54, 1.807) is 18.2 Å². The van der Waals surface area contributed by atoms with Crippen LogP contribution in [0.25, 0.3) is 0 Å². The molecule has 0 saturated carbocycles. The fraction of sp³-hybridized carbons (Fsp3) is 0.273. The Hall–Kier alpha value is -2.70. The molecular formula is C22H25N3O2S. The fourth-order valence-electron chi connectivity index (χ4n) is 2.38. The van der Waals surface area contributed by atoms with Crippen LogP contribution in [-0.2, 0) is 17.6 Å². The number of aryl methyl sites for hydroxylation is 1. The largest absolute Gasteiger partial charge is 0.388 e. The van der Waals surface area contributed by atoms with Gasteiger partial charge >= 0.3 is 0 Å². The fourth-order valence-corrected chi connectivity index (χ4v) is 2.88. The van der Waals surface area contributed by atoms with Gasteiger partial charge in [-0.15, -0.1) is 11.3 Å². The lowest BCUT2D eigenvalue weighted by molar-refractivity contribution is -0.115. The van der Waals surface area contributed by atoms with E-state index in [1.807, 2.05) is 0 Å². The van der Waals surface area contributed by atoms with Crippen LogP contribution in [0.15, 0.2) is 60.0 Å². The molecule has 1 amide bonds. The van der Waals surface area contributed by atoms with Gasteiger partial charge in [0.2, 0.25) is 5.91 Å². The highest BCUT2D eigenvalue weighted by Crippen LogP contribution is 2.20. The first-order valence-corrected chi connectivity index (χ1v) is 9.42. The summed E-state index contributed by atoms with van der Waals surface area (Å²) in [6.07, 6.45) is -10.7. The second-order valence-electron chi connectivity index (χ2n) is 5.84. The van der Waals surface area contributed by atoms with Crippen LogP contribution < -0.4 is 11.1 Å². The Bertz CT molecular complexity index is 1170. The number of hydrogen-bond acceptors (Lipinski definition) is 5. The maximum atomic E-state index is 12.4. The molecule has 1 atom stereocenters. The Morgan fingerprint density at radius 3 is 2.68 bits per heavy atom. The monoisotopic (exact) mass is 402 g/mol. The second kappa shape index (κ2) is 10.0. The first-order chi connectivity index (χ1) is 16.1. The van der Waals surface area contributed by atoms with Gasteiger partial charge in [0, 0.05) is 19.3 Å². The van der Waals surface area contributed by atoms with Crippen LogP contribution in [0.5, 0.6) is 0 Å². The molecule has 6 heteroatoms. The zero-order chi connectivity index (χ0) is 26.1. The number of benzene rings is 2. The summed E-state index contributed by atoms with van der Waals surface area (Å²) in [5.74, 6) is -0.935. The lowest BCUT2D eigenvalue weighted by Crippen LogP contribution is -2.14. The predicted molar refractivity (Wildman–Crippen MR) is 114 cm³/mol. The van der Waals surface area contributed by atoms with Crippen molar-refractivity contribution < 1.29 is 19.5 Å². The molecule has 28 heavy (non-hydrogen) atoms. The molecule has 3 aromatic rings. The standard InChI is InChI=1S/C22H25N3O2S/c23-22-25-19(15-28-22)14-21(27)24-18-12-10-16(11-13-18)6-4-5-9-20(26)17-7-2-1-3-8-17/h1-3,7-8,10-13,15,20,26H,4-6,9,14H2,(H2,23,25)(H,24,27)/t20-/m0/s1/i4D2,9D2,14D2,20D. The molecule has 0 bridgehead atoms. The van der Waals surface area contributed by atoms with Gasteiger partial charge in [-0.3, -0.25) is 4.79 Å².